The quantitative estimate of drug-likeness (QED) is 0.532. The molecule has 0 fully saturated rings. The molecule has 0 saturated carbocycles. The molecule has 2 unspecified atom stereocenters. The van der Waals surface area contributed by atoms with Crippen LogP contribution >= 0.6 is 0 Å². The standard InChI is InChI=1S/C20H27NO6S/c1-3-5-13(2)14-6-8-21(7-4-9-28(24,25)26)17-11-19-16(10-15(14)17)18(22)12-20(23)27-19/h10-14,22H,3-9H2,1-2H3,(H,24,25,26). The van der Waals surface area contributed by atoms with E-state index in [2.05, 4.69) is 18.7 Å². The van der Waals surface area contributed by atoms with Crippen molar-refractivity contribution in [2.75, 3.05) is 23.7 Å². The monoisotopic (exact) mass is 409 g/mol. The van der Waals surface area contributed by atoms with Gasteiger partial charge >= 0.3 is 5.63 Å². The molecule has 1 aliphatic rings. The third-order valence-electron chi connectivity index (χ3n) is 5.58. The van der Waals surface area contributed by atoms with Crippen LogP contribution in [0.25, 0.3) is 11.0 Å². The summed E-state index contributed by atoms with van der Waals surface area (Å²) in [5.74, 6) is 0.375. The Labute approximate surface area is 164 Å². The van der Waals surface area contributed by atoms with Gasteiger partial charge in [0.05, 0.1) is 17.2 Å². The van der Waals surface area contributed by atoms with Gasteiger partial charge in [0, 0.05) is 24.8 Å². The molecule has 28 heavy (non-hydrogen) atoms. The molecular formula is C20H27NO6S. The van der Waals surface area contributed by atoms with Gasteiger partial charge in [-0.1, -0.05) is 26.7 Å². The average molecular weight is 410 g/mol. The maximum atomic E-state index is 11.7. The number of nitrogens with zero attached hydrogens (tertiary/aromatic N) is 1. The van der Waals surface area contributed by atoms with Gasteiger partial charge in [-0.3, -0.25) is 4.55 Å². The van der Waals surface area contributed by atoms with Crippen molar-refractivity contribution in [2.45, 2.75) is 45.4 Å². The minimum absolute atomic E-state index is 0.0977. The van der Waals surface area contributed by atoms with Gasteiger partial charge in [-0.25, -0.2) is 4.79 Å². The zero-order chi connectivity index (χ0) is 20.5. The van der Waals surface area contributed by atoms with E-state index in [1.807, 2.05) is 6.07 Å². The van der Waals surface area contributed by atoms with E-state index in [4.69, 9.17) is 8.97 Å². The molecule has 1 aromatic heterocycles. The number of fused-ring (bicyclic) bond motifs is 2. The molecule has 8 heteroatoms. The summed E-state index contributed by atoms with van der Waals surface area (Å²) in [6, 6.07) is 4.74. The van der Waals surface area contributed by atoms with E-state index in [9.17, 15) is 18.3 Å². The normalized spacial score (nSPS) is 18.2. The van der Waals surface area contributed by atoms with Gasteiger partial charge in [0.1, 0.15) is 11.3 Å². The van der Waals surface area contributed by atoms with Crippen LogP contribution in [0.3, 0.4) is 0 Å². The molecule has 2 atom stereocenters. The van der Waals surface area contributed by atoms with E-state index in [0.29, 0.717) is 35.8 Å². The third-order valence-corrected chi connectivity index (χ3v) is 6.39. The number of rotatable bonds is 7. The molecule has 7 nitrogen and oxygen atoms in total. The van der Waals surface area contributed by atoms with Crippen molar-refractivity contribution in [2.24, 2.45) is 5.92 Å². The molecule has 0 bridgehead atoms. The zero-order valence-corrected chi connectivity index (χ0v) is 17.0. The van der Waals surface area contributed by atoms with Gasteiger partial charge in [0.2, 0.25) is 0 Å². The van der Waals surface area contributed by atoms with Crippen LogP contribution in [0, 0.1) is 5.92 Å². The number of aromatic hydroxyl groups is 1. The summed E-state index contributed by atoms with van der Waals surface area (Å²) in [5, 5.41) is 10.7. The summed E-state index contributed by atoms with van der Waals surface area (Å²) in [6.45, 7) is 5.60. The highest BCUT2D eigenvalue weighted by Crippen LogP contribution is 2.43. The largest absolute Gasteiger partial charge is 0.507 e. The second kappa shape index (κ2) is 8.13. The van der Waals surface area contributed by atoms with Crippen LogP contribution in [-0.2, 0) is 10.1 Å². The summed E-state index contributed by atoms with van der Waals surface area (Å²) >= 11 is 0. The van der Waals surface area contributed by atoms with E-state index >= 15 is 0 Å². The van der Waals surface area contributed by atoms with Gasteiger partial charge in [-0.05, 0) is 36.3 Å². The molecule has 0 amide bonds. The summed E-state index contributed by atoms with van der Waals surface area (Å²) in [5.41, 5.74) is 1.67. The van der Waals surface area contributed by atoms with Crippen molar-refractivity contribution in [1.82, 2.24) is 0 Å². The Morgan fingerprint density at radius 3 is 2.75 bits per heavy atom. The molecule has 154 valence electrons. The predicted octanol–water partition coefficient (Wildman–Crippen LogP) is 3.51. The van der Waals surface area contributed by atoms with Gasteiger partial charge in [-0.2, -0.15) is 8.42 Å². The van der Waals surface area contributed by atoms with Crippen molar-refractivity contribution >= 4 is 26.8 Å². The summed E-state index contributed by atoms with van der Waals surface area (Å²) in [7, 11) is -4.00. The van der Waals surface area contributed by atoms with Crippen LogP contribution < -0.4 is 10.5 Å². The lowest BCUT2D eigenvalue weighted by atomic mass is 9.78. The molecule has 0 aliphatic carbocycles. The van der Waals surface area contributed by atoms with Gasteiger partial charge < -0.3 is 14.4 Å². The molecule has 3 rings (SSSR count). The molecule has 1 aliphatic heterocycles. The van der Waals surface area contributed by atoms with E-state index in [0.717, 1.165) is 43.1 Å². The second-order valence-electron chi connectivity index (χ2n) is 7.65. The molecule has 2 heterocycles. The van der Waals surface area contributed by atoms with Crippen molar-refractivity contribution in [1.29, 1.82) is 0 Å². The third kappa shape index (κ3) is 4.50. The zero-order valence-electron chi connectivity index (χ0n) is 16.2. The minimum Gasteiger partial charge on any atom is -0.507 e. The lowest BCUT2D eigenvalue weighted by molar-refractivity contribution is 0.392. The molecule has 0 saturated heterocycles. The number of benzene rings is 1. The first-order chi connectivity index (χ1) is 13.2. The fraction of sp³-hybridized carbons (Fsp3) is 0.550. The van der Waals surface area contributed by atoms with Gasteiger partial charge in [0.25, 0.3) is 10.1 Å². The highest BCUT2D eigenvalue weighted by molar-refractivity contribution is 7.85. The Kier molecular flexibility index (Phi) is 6.00. The summed E-state index contributed by atoms with van der Waals surface area (Å²) in [6.07, 6.45) is 3.39. The molecular weight excluding hydrogens is 382 g/mol. The Hall–Kier alpha value is -2.06. The van der Waals surface area contributed by atoms with Crippen LogP contribution in [0.15, 0.2) is 27.4 Å². The highest BCUT2D eigenvalue weighted by atomic mass is 32.2. The SMILES string of the molecule is CCCC(C)C1CCN(CCCS(=O)(=O)O)c2cc3oc(=O)cc(O)c3cc21. The molecule has 2 aromatic rings. The summed E-state index contributed by atoms with van der Waals surface area (Å²) < 4.78 is 36.4. The van der Waals surface area contributed by atoms with Crippen LogP contribution in [0.5, 0.6) is 5.75 Å². The first-order valence-electron chi connectivity index (χ1n) is 9.70. The maximum absolute atomic E-state index is 11.7. The average Bonchev–Trinajstić information content (AvgIpc) is 2.59. The first-order valence-corrected chi connectivity index (χ1v) is 11.3. The number of anilines is 1. The van der Waals surface area contributed by atoms with Crippen molar-refractivity contribution in [3.8, 4) is 5.75 Å². The Morgan fingerprint density at radius 1 is 1.32 bits per heavy atom. The molecule has 0 spiro atoms. The van der Waals surface area contributed by atoms with Crippen LogP contribution in [-0.4, -0.2) is 36.9 Å². The summed E-state index contributed by atoms with van der Waals surface area (Å²) in [4.78, 5) is 13.7. The highest BCUT2D eigenvalue weighted by Gasteiger charge is 2.30. The lowest BCUT2D eigenvalue weighted by Gasteiger charge is -2.38. The Balaban J connectivity index is 2.03. The Bertz CT molecular complexity index is 1010. The topological polar surface area (TPSA) is 108 Å². The predicted molar refractivity (Wildman–Crippen MR) is 109 cm³/mol. The van der Waals surface area contributed by atoms with Gasteiger partial charge in [-0.15, -0.1) is 0 Å². The lowest BCUT2D eigenvalue weighted by Crippen LogP contribution is -2.34. The van der Waals surface area contributed by atoms with Crippen molar-refractivity contribution in [3.05, 3.63) is 34.2 Å². The van der Waals surface area contributed by atoms with E-state index in [-0.39, 0.29) is 11.5 Å². The van der Waals surface area contributed by atoms with Gasteiger partial charge in [0.15, 0.2) is 0 Å². The number of hydrogen-bond acceptors (Lipinski definition) is 6. The van der Waals surface area contributed by atoms with Crippen molar-refractivity contribution in [3.63, 3.8) is 0 Å². The van der Waals surface area contributed by atoms with Crippen LogP contribution in [0.4, 0.5) is 5.69 Å². The molecule has 1 aromatic carbocycles. The van der Waals surface area contributed by atoms with E-state index in [1.165, 1.54) is 0 Å². The second-order valence-corrected chi connectivity index (χ2v) is 9.22. The Morgan fingerprint density at radius 2 is 2.07 bits per heavy atom. The fourth-order valence-corrected chi connectivity index (χ4v) is 4.75. The smallest absolute Gasteiger partial charge is 0.339 e. The molecule has 0 radical (unpaired) electrons. The number of hydrogen-bond donors (Lipinski definition) is 2. The van der Waals surface area contributed by atoms with Crippen LogP contribution in [0.1, 0.15) is 51.0 Å². The van der Waals surface area contributed by atoms with Crippen molar-refractivity contribution < 1.29 is 22.5 Å². The van der Waals surface area contributed by atoms with E-state index < -0.39 is 15.7 Å². The minimum atomic E-state index is -4.00. The molecule has 2 N–H and O–H groups in total. The van der Waals surface area contributed by atoms with E-state index in [1.54, 1.807) is 6.07 Å². The fourth-order valence-electron chi connectivity index (χ4n) is 4.26. The van der Waals surface area contributed by atoms with Crippen LogP contribution in [0.2, 0.25) is 0 Å². The first kappa shape index (κ1) is 20.7. The maximum Gasteiger partial charge on any atom is 0.339 e.